The van der Waals surface area contributed by atoms with Gasteiger partial charge >= 0.3 is 25.1 Å². The van der Waals surface area contributed by atoms with Crippen molar-refractivity contribution < 1.29 is 24.3 Å². The molecule has 1 aliphatic heterocycles. The van der Waals surface area contributed by atoms with E-state index in [2.05, 4.69) is 15.3 Å². The lowest BCUT2D eigenvalue weighted by Gasteiger charge is -2.31. The minimum absolute atomic E-state index is 0.0505. The second kappa shape index (κ2) is 7.48. The van der Waals surface area contributed by atoms with Crippen LogP contribution in [0.3, 0.4) is 0 Å². The van der Waals surface area contributed by atoms with Crippen LogP contribution in [0, 0.1) is 0 Å². The summed E-state index contributed by atoms with van der Waals surface area (Å²) in [4.78, 5) is 72.2. The Labute approximate surface area is 155 Å². The zero-order valence-corrected chi connectivity index (χ0v) is 15.4. The van der Waals surface area contributed by atoms with Gasteiger partial charge in [0.05, 0.1) is 0 Å². The van der Waals surface area contributed by atoms with Gasteiger partial charge in [-0.25, -0.2) is 14.2 Å². The van der Waals surface area contributed by atoms with Crippen LogP contribution in [0.2, 0.25) is 0 Å². The Balaban J connectivity index is 1.88. The molecule has 28 heavy (non-hydrogen) atoms. The van der Waals surface area contributed by atoms with Crippen LogP contribution in [0.15, 0.2) is 14.4 Å². The van der Waals surface area contributed by atoms with Gasteiger partial charge in [0.25, 0.3) is 5.56 Å². The third kappa shape index (κ3) is 3.86. The topological polar surface area (TPSA) is 203 Å². The lowest BCUT2D eigenvalue weighted by Crippen LogP contribution is -2.54. The van der Waals surface area contributed by atoms with Crippen molar-refractivity contribution in [1.82, 2.24) is 29.1 Å². The highest BCUT2D eigenvalue weighted by Crippen LogP contribution is 2.32. The molecule has 0 aromatic carbocycles. The molecule has 154 valence electrons. The molecule has 0 aliphatic carbocycles. The molecule has 0 saturated carbocycles. The van der Waals surface area contributed by atoms with Gasteiger partial charge in [0.1, 0.15) is 11.7 Å². The average molecular weight is 418 g/mol. The Kier molecular flexibility index (Phi) is 5.41. The molecule has 1 saturated heterocycles. The van der Waals surface area contributed by atoms with Crippen LogP contribution in [-0.2, 0) is 15.9 Å². The number of rotatable bonds is 6. The first-order valence-electron chi connectivity index (χ1n) is 8.32. The third-order valence-corrected chi connectivity index (χ3v) is 5.34. The number of imidazole rings is 1. The van der Waals surface area contributed by atoms with E-state index in [4.69, 9.17) is 5.11 Å². The molecular formula is C13H19N6O8P. The number of aliphatic carboxylic acids is 1. The first kappa shape index (κ1) is 20.2. The fourth-order valence-electron chi connectivity index (χ4n) is 3.20. The largest absolute Gasteiger partial charge is 0.480 e. The van der Waals surface area contributed by atoms with Gasteiger partial charge in [-0.15, -0.1) is 0 Å². The predicted octanol–water partition coefficient (Wildman–Crippen LogP) is -3.13. The quantitative estimate of drug-likeness (QED) is 0.260. The first-order chi connectivity index (χ1) is 13.1. The molecule has 0 spiro atoms. The molecule has 0 radical (unpaired) electrons. The Hall–Kier alpha value is -2.51. The summed E-state index contributed by atoms with van der Waals surface area (Å²) >= 11 is 0. The van der Waals surface area contributed by atoms with E-state index >= 15 is 0 Å². The van der Waals surface area contributed by atoms with Crippen molar-refractivity contribution in [3.63, 3.8) is 0 Å². The summed E-state index contributed by atoms with van der Waals surface area (Å²) in [5, 5.41) is 11.9. The van der Waals surface area contributed by atoms with E-state index in [1.54, 1.807) is 0 Å². The molecule has 14 nitrogen and oxygen atoms in total. The molecule has 2 aromatic heterocycles. The number of hydrogen-bond acceptors (Lipinski definition) is 7. The minimum Gasteiger partial charge on any atom is -0.480 e. The number of nitrogens with zero attached hydrogens (tertiary/aromatic N) is 3. The fourth-order valence-corrected chi connectivity index (χ4v) is 3.87. The third-order valence-electron chi connectivity index (χ3n) is 4.47. The van der Waals surface area contributed by atoms with E-state index in [9.17, 15) is 33.5 Å². The number of hydrogen-bond donors (Lipinski definition) is 6. The van der Waals surface area contributed by atoms with Crippen LogP contribution >= 0.6 is 7.75 Å². The second-order valence-corrected chi connectivity index (χ2v) is 7.79. The summed E-state index contributed by atoms with van der Waals surface area (Å²) in [6.07, 6.45) is 0.313. The Morgan fingerprint density at radius 3 is 2.54 bits per heavy atom. The van der Waals surface area contributed by atoms with Crippen LogP contribution in [0.1, 0.15) is 6.42 Å². The molecule has 6 N–H and O–H groups in total. The maximum absolute atomic E-state index is 12.5. The molecule has 1 atom stereocenters. The Morgan fingerprint density at radius 2 is 1.89 bits per heavy atom. The molecule has 1 unspecified atom stereocenters. The molecule has 0 amide bonds. The van der Waals surface area contributed by atoms with Crippen LogP contribution in [-0.4, -0.2) is 76.9 Å². The molecule has 2 aromatic rings. The molecule has 0 bridgehead atoms. The van der Waals surface area contributed by atoms with Gasteiger partial charge in [-0.3, -0.25) is 29.0 Å². The summed E-state index contributed by atoms with van der Waals surface area (Å²) in [6.45, 7) is 1.70. The van der Waals surface area contributed by atoms with Crippen LogP contribution in [0.4, 0.5) is 0 Å². The normalized spacial score (nSPS) is 18.6. The van der Waals surface area contributed by atoms with E-state index in [0.29, 0.717) is 26.1 Å². The van der Waals surface area contributed by atoms with Gasteiger partial charge < -0.3 is 20.2 Å². The number of carbonyl (C=O) groups is 1. The average Bonchev–Trinajstić information content (AvgIpc) is 2.99. The summed E-state index contributed by atoms with van der Waals surface area (Å²) in [5.74, 6) is -0.971. The van der Waals surface area contributed by atoms with Crippen LogP contribution < -0.4 is 22.3 Å². The highest BCUT2D eigenvalue weighted by atomic mass is 31.2. The smallest absolute Gasteiger partial charge is 0.440 e. The van der Waals surface area contributed by atoms with Crippen LogP contribution in [0.25, 0.3) is 11.2 Å². The zero-order chi connectivity index (χ0) is 20.6. The van der Waals surface area contributed by atoms with Crippen molar-refractivity contribution in [2.45, 2.75) is 19.0 Å². The Bertz CT molecular complexity index is 1120. The van der Waals surface area contributed by atoms with E-state index in [1.807, 2.05) is 4.90 Å². The molecule has 3 heterocycles. The van der Waals surface area contributed by atoms with E-state index in [0.717, 1.165) is 4.57 Å². The number of aromatic amines is 2. The summed E-state index contributed by atoms with van der Waals surface area (Å²) in [7, 11) is -5.24. The number of fused-ring (bicyclic) bond motifs is 1. The zero-order valence-electron chi connectivity index (χ0n) is 14.5. The van der Waals surface area contributed by atoms with Crippen molar-refractivity contribution in [3.05, 3.63) is 31.3 Å². The van der Waals surface area contributed by atoms with E-state index in [1.165, 1.54) is 0 Å². The highest BCUT2D eigenvalue weighted by Gasteiger charge is 2.28. The van der Waals surface area contributed by atoms with E-state index in [-0.39, 0.29) is 23.1 Å². The molecule has 15 heteroatoms. The van der Waals surface area contributed by atoms with Gasteiger partial charge in [-0.2, -0.15) is 4.34 Å². The second-order valence-electron chi connectivity index (χ2n) is 6.37. The van der Waals surface area contributed by atoms with Crippen LogP contribution in [0.5, 0.6) is 0 Å². The number of piperazine rings is 1. The minimum atomic E-state index is -5.24. The van der Waals surface area contributed by atoms with E-state index < -0.39 is 42.2 Å². The number of aromatic nitrogens is 4. The molecule has 1 fully saturated rings. The first-order valence-corrected chi connectivity index (χ1v) is 9.89. The number of carboxylic acids is 1. The van der Waals surface area contributed by atoms with Gasteiger partial charge in [-0.05, 0) is 13.0 Å². The standard InChI is InChI=1S/C13H19N6O8P/c20-10-8-9(16-12(23)15-8)18(13(24)19(10)28(25,26)27)4-1-3-17-5-2-14-7(6-17)11(21)22/h7,14H,1-6H2,(H,21,22)(H2,15,16,23)(H2,25,26,27). The summed E-state index contributed by atoms with van der Waals surface area (Å²) < 4.78 is 12.3. The molecular weight excluding hydrogens is 399 g/mol. The number of aryl methyl sites for hydroxylation is 1. The van der Waals surface area contributed by atoms with Gasteiger partial charge in [0, 0.05) is 26.2 Å². The maximum atomic E-state index is 12.5. The van der Waals surface area contributed by atoms with Crippen molar-refractivity contribution in [2.75, 3.05) is 26.2 Å². The molecule has 1 aliphatic rings. The summed E-state index contributed by atoms with van der Waals surface area (Å²) in [5.41, 5.74) is -3.91. The van der Waals surface area contributed by atoms with Crippen molar-refractivity contribution in [2.24, 2.45) is 0 Å². The summed E-state index contributed by atoms with van der Waals surface area (Å²) in [6, 6.07) is -0.708. The fraction of sp³-hybridized carbons (Fsp3) is 0.538. The lowest BCUT2D eigenvalue weighted by atomic mass is 10.2. The van der Waals surface area contributed by atoms with Crippen molar-refractivity contribution in [1.29, 1.82) is 0 Å². The van der Waals surface area contributed by atoms with Gasteiger partial charge in [0.15, 0.2) is 5.52 Å². The van der Waals surface area contributed by atoms with Gasteiger partial charge in [-0.1, -0.05) is 0 Å². The monoisotopic (exact) mass is 418 g/mol. The lowest BCUT2D eigenvalue weighted by molar-refractivity contribution is -0.140. The van der Waals surface area contributed by atoms with Crippen molar-refractivity contribution in [3.8, 4) is 0 Å². The number of H-pyrrole nitrogens is 2. The SMILES string of the molecule is O=C(O)C1CN(CCCn2c(=O)n(P(=O)(O)O)c(=O)c3[nH]c(=O)[nH]c32)CCN1. The molecule has 3 rings (SSSR count). The Morgan fingerprint density at radius 1 is 1.18 bits per heavy atom. The van der Waals surface area contributed by atoms with Crippen molar-refractivity contribution >= 4 is 24.9 Å². The number of nitrogens with one attached hydrogen (secondary N) is 3. The maximum Gasteiger partial charge on any atom is 0.440 e. The highest BCUT2D eigenvalue weighted by molar-refractivity contribution is 7.50. The number of carboxylic acid groups (broad SMARTS) is 1. The van der Waals surface area contributed by atoms with Gasteiger partial charge in [0.2, 0.25) is 0 Å². The predicted molar refractivity (Wildman–Crippen MR) is 95.4 cm³/mol.